The third-order valence-corrected chi connectivity index (χ3v) is 7.04. The van der Waals surface area contributed by atoms with E-state index < -0.39 is 0 Å². The van der Waals surface area contributed by atoms with E-state index >= 15 is 0 Å². The Balaban J connectivity index is 1.75. The number of piperidine rings is 1. The topological polar surface area (TPSA) is 79.5 Å². The Morgan fingerprint density at radius 2 is 2.00 bits per heavy atom. The second-order valence-corrected chi connectivity index (χ2v) is 9.86. The third-order valence-electron chi connectivity index (χ3n) is 6.80. The Kier molecular flexibility index (Phi) is 10.6. The van der Waals surface area contributed by atoms with Gasteiger partial charge in [0.05, 0.1) is 6.54 Å². The van der Waals surface area contributed by atoms with E-state index in [-0.39, 0.29) is 30.3 Å². The number of carbonyl (C=O) groups is 2. The maximum Gasteiger partial charge on any atom is 0.249 e. The zero-order valence-corrected chi connectivity index (χ0v) is 22.1. The number of nitrogens with zero attached hydrogens (tertiary/aromatic N) is 4. The van der Waals surface area contributed by atoms with Crippen molar-refractivity contribution in [3.63, 3.8) is 0 Å². The molecule has 0 spiro atoms. The largest absolute Gasteiger partial charge is 0.337 e. The lowest BCUT2D eigenvalue weighted by molar-refractivity contribution is -0.145. The maximum absolute atomic E-state index is 13.5. The van der Waals surface area contributed by atoms with Gasteiger partial charge in [-0.15, -0.1) is 0 Å². The number of hydrogen-bond donors (Lipinski definition) is 0. The molecule has 0 N–H and O–H groups in total. The first kappa shape index (κ1) is 27.2. The van der Waals surface area contributed by atoms with E-state index in [0.29, 0.717) is 29.8 Å². The van der Waals surface area contributed by atoms with Crippen LogP contribution in [-0.2, 0) is 9.59 Å². The summed E-state index contributed by atoms with van der Waals surface area (Å²) < 4.78 is 5.62. The van der Waals surface area contributed by atoms with Crippen molar-refractivity contribution in [2.24, 2.45) is 5.92 Å². The molecule has 3 rings (SSSR count). The average molecular weight is 503 g/mol. The normalized spacial score (nSPS) is 16.8. The van der Waals surface area contributed by atoms with Gasteiger partial charge in [-0.25, -0.2) is 0 Å². The zero-order valence-electron chi connectivity index (χ0n) is 21.3. The lowest BCUT2D eigenvalue weighted by Crippen LogP contribution is -2.47. The van der Waals surface area contributed by atoms with Crippen LogP contribution >= 0.6 is 11.6 Å². The SMILES string of the molecule is CCCCC(CC)C(=O)N(CCCC)CC(=O)N1CCCCC1c1nc(-c2cccc(Cl)c2)no1. The highest BCUT2D eigenvalue weighted by Crippen LogP contribution is 2.32. The van der Waals surface area contributed by atoms with Gasteiger partial charge >= 0.3 is 0 Å². The Morgan fingerprint density at radius 3 is 2.71 bits per heavy atom. The molecular formula is C27H39ClN4O3. The Hall–Kier alpha value is -2.41. The summed E-state index contributed by atoms with van der Waals surface area (Å²) in [4.78, 5) is 35.1. The van der Waals surface area contributed by atoms with Crippen LogP contribution in [0.3, 0.4) is 0 Å². The molecule has 0 bridgehead atoms. The smallest absolute Gasteiger partial charge is 0.249 e. The summed E-state index contributed by atoms with van der Waals surface area (Å²) in [5, 5.41) is 4.74. The number of hydrogen-bond acceptors (Lipinski definition) is 5. The van der Waals surface area contributed by atoms with Crippen molar-refractivity contribution in [2.75, 3.05) is 19.6 Å². The summed E-state index contributed by atoms with van der Waals surface area (Å²) in [5.74, 6) is 0.938. The third kappa shape index (κ3) is 7.29. The molecule has 2 atom stereocenters. The van der Waals surface area contributed by atoms with Crippen LogP contribution in [0.1, 0.15) is 90.5 Å². The second-order valence-electron chi connectivity index (χ2n) is 9.43. The molecular weight excluding hydrogens is 464 g/mol. The first-order chi connectivity index (χ1) is 17.0. The molecule has 1 aromatic heterocycles. The predicted octanol–water partition coefficient (Wildman–Crippen LogP) is 6.29. The van der Waals surface area contributed by atoms with Gasteiger partial charge in [-0.2, -0.15) is 4.98 Å². The van der Waals surface area contributed by atoms with Gasteiger partial charge in [-0.1, -0.05) is 68.9 Å². The molecule has 2 unspecified atom stereocenters. The Bertz CT molecular complexity index is 963. The number of unbranched alkanes of at least 4 members (excludes halogenated alkanes) is 2. The van der Waals surface area contributed by atoms with Gasteiger partial charge in [0.2, 0.25) is 23.5 Å². The van der Waals surface area contributed by atoms with E-state index in [1.54, 1.807) is 17.0 Å². The minimum Gasteiger partial charge on any atom is -0.337 e. The van der Waals surface area contributed by atoms with Gasteiger partial charge in [-0.05, 0) is 50.7 Å². The molecule has 0 saturated carbocycles. The quantitative estimate of drug-likeness (QED) is 0.340. The molecule has 2 amide bonds. The number of halogens is 1. The van der Waals surface area contributed by atoms with Gasteiger partial charge in [0.15, 0.2) is 0 Å². The van der Waals surface area contributed by atoms with Crippen LogP contribution in [-0.4, -0.2) is 51.4 Å². The molecule has 2 heterocycles. The van der Waals surface area contributed by atoms with Gasteiger partial charge < -0.3 is 14.3 Å². The van der Waals surface area contributed by atoms with Crippen LogP contribution in [0.4, 0.5) is 0 Å². The fraction of sp³-hybridized carbons (Fsp3) is 0.630. The van der Waals surface area contributed by atoms with Crippen molar-refractivity contribution >= 4 is 23.4 Å². The van der Waals surface area contributed by atoms with Crippen molar-refractivity contribution in [2.45, 2.75) is 84.6 Å². The lowest BCUT2D eigenvalue weighted by Gasteiger charge is -2.35. The Morgan fingerprint density at radius 1 is 1.20 bits per heavy atom. The number of likely N-dealkylation sites (tertiary alicyclic amines) is 1. The van der Waals surface area contributed by atoms with Gasteiger partial charge in [-0.3, -0.25) is 9.59 Å². The Labute approximate surface area is 214 Å². The highest BCUT2D eigenvalue weighted by molar-refractivity contribution is 6.30. The zero-order chi connectivity index (χ0) is 25.2. The van der Waals surface area contributed by atoms with Crippen LogP contribution in [0, 0.1) is 5.92 Å². The minimum atomic E-state index is -0.276. The molecule has 1 saturated heterocycles. The molecule has 8 heteroatoms. The van der Waals surface area contributed by atoms with Gasteiger partial charge in [0.1, 0.15) is 6.04 Å². The van der Waals surface area contributed by atoms with E-state index in [0.717, 1.165) is 63.4 Å². The highest BCUT2D eigenvalue weighted by Gasteiger charge is 2.34. The fourth-order valence-electron chi connectivity index (χ4n) is 4.68. The first-order valence-electron chi connectivity index (χ1n) is 13.2. The van der Waals surface area contributed by atoms with Crippen LogP contribution in [0.15, 0.2) is 28.8 Å². The standard InChI is InChI=1S/C27H39ClN4O3/c1-4-7-12-20(6-3)27(34)31(16-8-5-2)19-24(33)32-17-10-9-15-23(32)26-29-25(30-35-26)21-13-11-14-22(28)18-21/h11,13-14,18,20,23H,4-10,12,15-17,19H2,1-3H3. The van der Waals surface area contributed by atoms with Gasteiger partial charge in [0.25, 0.3) is 0 Å². The molecule has 1 aliphatic heterocycles. The van der Waals surface area contributed by atoms with Gasteiger partial charge in [0, 0.05) is 29.6 Å². The molecule has 2 aromatic rings. The van der Waals surface area contributed by atoms with Crippen LogP contribution in [0.5, 0.6) is 0 Å². The molecule has 35 heavy (non-hydrogen) atoms. The van der Waals surface area contributed by atoms with Crippen molar-refractivity contribution in [3.05, 3.63) is 35.2 Å². The monoisotopic (exact) mass is 502 g/mol. The predicted molar refractivity (Wildman–Crippen MR) is 138 cm³/mol. The van der Waals surface area contributed by atoms with Crippen molar-refractivity contribution in [1.29, 1.82) is 0 Å². The van der Waals surface area contributed by atoms with Crippen molar-refractivity contribution in [1.82, 2.24) is 19.9 Å². The van der Waals surface area contributed by atoms with E-state index in [1.807, 2.05) is 17.0 Å². The second kappa shape index (κ2) is 13.6. The van der Waals surface area contributed by atoms with E-state index in [4.69, 9.17) is 16.1 Å². The van der Waals surface area contributed by atoms with Crippen LogP contribution in [0.2, 0.25) is 5.02 Å². The number of rotatable bonds is 12. The fourth-order valence-corrected chi connectivity index (χ4v) is 4.87. The lowest BCUT2D eigenvalue weighted by atomic mass is 9.97. The van der Waals surface area contributed by atoms with Crippen molar-refractivity contribution in [3.8, 4) is 11.4 Å². The van der Waals surface area contributed by atoms with E-state index in [2.05, 4.69) is 30.9 Å². The van der Waals surface area contributed by atoms with Crippen LogP contribution < -0.4 is 0 Å². The molecule has 7 nitrogen and oxygen atoms in total. The summed E-state index contributed by atoms with van der Waals surface area (Å²) in [6, 6.07) is 7.03. The summed E-state index contributed by atoms with van der Waals surface area (Å²) in [5.41, 5.74) is 0.773. The number of carbonyl (C=O) groups excluding carboxylic acids is 2. The molecule has 1 fully saturated rings. The van der Waals surface area contributed by atoms with E-state index in [9.17, 15) is 9.59 Å². The number of benzene rings is 1. The van der Waals surface area contributed by atoms with E-state index in [1.165, 1.54) is 0 Å². The maximum atomic E-state index is 13.5. The average Bonchev–Trinajstić information content (AvgIpc) is 3.37. The summed E-state index contributed by atoms with van der Waals surface area (Å²) in [6.07, 6.45) is 8.31. The molecule has 0 radical (unpaired) electrons. The summed E-state index contributed by atoms with van der Waals surface area (Å²) >= 11 is 6.11. The minimum absolute atomic E-state index is 0.0204. The first-order valence-corrected chi connectivity index (χ1v) is 13.5. The molecule has 1 aliphatic rings. The molecule has 1 aromatic carbocycles. The number of amides is 2. The number of aromatic nitrogens is 2. The summed E-state index contributed by atoms with van der Waals surface area (Å²) in [7, 11) is 0. The van der Waals surface area contributed by atoms with Crippen molar-refractivity contribution < 1.29 is 14.1 Å². The highest BCUT2D eigenvalue weighted by atomic mass is 35.5. The molecule has 192 valence electrons. The van der Waals surface area contributed by atoms with Crippen LogP contribution in [0.25, 0.3) is 11.4 Å². The molecule has 0 aliphatic carbocycles. The summed E-state index contributed by atoms with van der Waals surface area (Å²) in [6.45, 7) is 7.65.